The van der Waals surface area contributed by atoms with Crippen molar-refractivity contribution in [2.24, 2.45) is 0 Å². The summed E-state index contributed by atoms with van der Waals surface area (Å²) in [5.74, 6) is -0.560. The highest BCUT2D eigenvalue weighted by Gasteiger charge is 2.48. The normalized spacial score (nSPS) is 13.7. The maximum atomic E-state index is 12.0. The number of nitrogens with zero attached hydrogens (tertiary/aromatic N) is 1. The third-order valence-electron chi connectivity index (χ3n) is 1.24. The van der Waals surface area contributed by atoms with Crippen molar-refractivity contribution in [2.45, 2.75) is 18.9 Å². The summed E-state index contributed by atoms with van der Waals surface area (Å²) in [5, 5.41) is 10.6. The Kier molecular flexibility index (Phi) is 6.12. The van der Waals surface area contributed by atoms with E-state index in [4.69, 9.17) is 5.26 Å². The average molecular weight is 287 g/mol. The smallest absolute Gasteiger partial charge is 0.375 e. The molecule has 0 atom stereocenters. The zero-order valence-corrected chi connectivity index (χ0v) is 10.2. The fraction of sp³-hybridized carbons (Fsp3) is 0.375. The molecule has 0 radical (unpaired) electrons. The number of halogens is 3. The van der Waals surface area contributed by atoms with E-state index in [0.29, 0.717) is 18.2 Å². The molecule has 4 nitrogen and oxygen atoms in total. The first-order valence-electron chi connectivity index (χ1n) is 4.16. The van der Waals surface area contributed by atoms with Gasteiger partial charge in [-0.3, -0.25) is 0 Å². The molecular formula is C8H8F3NO3S2. The Morgan fingerprint density at radius 1 is 1.53 bits per heavy atom. The highest BCUT2D eigenvalue weighted by atomic mass is 32.2. The quantitative estimate of drug-likeness (QED) is 0.256. The molecule has 0 rings (SSSR count). The van der Waals surface area contributed by atoms with Crippen LogP contribution in [0.2, 0.25) is 0 Å². The minimum absolute atomic E-state index is 0.453. The van der Waals surface area contributed by atoms with Gasteiger partial charge in [0.15, 0.2) is 0 Å². The molecule has 17 heavy (non-hydrogen) atoms. The Hall–Kier alpha value is -1.14. The second-order valence-corrected chi connectivity index (χ2v) is 4.71. The van der Waals surface area contributed by atoms with E-state index in [1.807, 2.05) is 0 Å². The van der Waals surface area contributed by atoms with Gasteiger partial charge in [-0.1, -0.05) is 13.0 Å². The Bertz CT molecular complexity index is 446. The highest BCUT2D eigenvalue weighted by Crippen LogP contribution is 2.27. The zero-order chi connectivity index (χ0) is 13.5. The van der Waals surface area contributed by atoms with Crippen LogP contribution >= 0.6 is 11.8 Å². The summed E-state index contributed by atoms with van der Waals surface area (Å²) in [6.45, 7) is 1.70. The van der Waals surface area contributed by atoms with Crippen LogP contribution in [0.5, 0.6) is 0 Å². The number of thiocyanates is 1. The van der Waals surface area contributed by atoms with Gasteiger partial charge >= 0.3 is 15.6 Å². The van der Waals surface area contributed by atoms with Crippen LogP contribution in [0.15, 0.2) is 23.3 Å². The maximum Gasteiger partial charge on any atom is 0.534 e. The fourth-order valence-electron chi connectivity index (χ4n) is 0.579. The van der Waals surface area contributed by atoms with Crippen LogP contribution in [0.4, 0.5) is 13.2 Å². The maximum absolute atomic E-state index is 12.0. The first kappa shape index (κ1) is 15.9. The molecule has 0 N–H and O–H groups in total. The molecule has 0 amide bonds. The number of thioether (sulfide) groups is 1. The van der Waals surface area contributed by atoms with Crippen LogP contribution in [0.3, 0.4) is 0 Å². The number of alkyl halides is 3. The number of allylic oxidation sites excluding steroid dienone is 2. The van der Waals surface area contributed by atoms with E-state index < -0.39 is 21.4 Å². The van der Waals surface area contributed by atoms with Gasteiger partial charge in [-0.15, -0.1) is 0 Å². The van der Waals surface area contributed by atoms with Crippen molar-refractivity contribution < 1.29 is 25.8 Å². The van der Waals surface area contributed by atoms with Gasteiger partial charge in [0.2, 0.25) is 0 Å². The van der Waals surface area contributed by atoms with E-state index in [1.165, 1.54) is 6.08 Å². The number of hydrogen-bond donors (Lipinski definition) is 0. The van der Waals surface area contributed by atoms with Crippen molar-refractivity contribution in [1.29, 1.82) is 5.26 Å². The van der Waals surface area contributed by atoms with Crippen molar-refractivity contribution in [2.75, 3.05) is 0 Å². The average Bonchev–Trinajstić information content (AvgIpc) is 2.20. The lowest BCUT2D eigenvalue weighted by Crippen LogP contribution is -2.25. The lowest BCUT2D eigenvalue weighted by atomic mass is 10.4. The molecule has 0 spiro atoms. The van der Waals surface area contributed by atoms with E-state index in [9.17, 15) is 21.6 Å². The van der Waals surface area contributed by atoms with E-state index >= 15 is 0 Å². The molecule has 9 heteroatoms. The lowest BCUT2D eigenvalue weighted by Gasteiger charge is -2.09. The van der Waals surface area contributed by atoms with Crippen LogP contribution < -0.4 is 0 Å². The van der Waals surface area contributed by atoms with Crippen LogP contribution in [-0.2, 0) is 14.3 Å². The summed E-state index contributed by atoms with van der Waals surface area (Å²) in [7, 11) is -5.70. The molecule has 0 fully saturated rings. The Morgan fingerprint density at radius 2 is 2.12 bits per heavy atom. The molecule has 0 aromatic rings. The minimum Gasteiger partial charge on any atom is -0.375 e. The van der Waals surface area contributed by atoms with Crippen LogP contribution in [0.25, 0.3) is 0 Å². The summed E-state index contributed by atoms with van der Waals surface area (Å²) in [6, 6.07) is 0. The summed E-state index contributed by atoms with van der Waals surface area (Å²) < 4.78 is 61.2. The van der Waals surface area contributed by atoms with Crippen LogP contribution in [-0.4, -0.2) is 13.9 Å². The van der Waals surface area contributed by atoms with Gasteiger partial charge in [0, 0.05) is 5.41 Å². The molecule has 0 heterocycles. The second kappa shape index (κ2) is 6.56. The molecule has 0 unspecified atom stereocenters. The molecule has 0 saturated carbocycles. The van der Waals surface area contributed by atoms with Gasteiger partial charge in [0.1, 0.15) is 11.2 Å². The molecule has 96 valence electrons. The van der Waals surface area contributed by atoms with Crippen LogP contribution in [0.1, 0.15) is 13.3 Å². The molecule has 0 aliphatic heterocycles. The van der Waals surface area contributed by atoms with Gasteiger partial charge in [-0.25, -0.2) is 0 Å². The van der Waals surface area contributed by atoms with Crippen molar-refractivity contribution in [3.63, 3.8) is 0 Å². The third-order valence-corrected chi connectivity index (χ3v) is 2.67. The summed E-state index contributed by atoms with van der Waals surface area (Å²) in [4.78, 5) is 0. The van der Waals surface area contributed by atoms with Gasteiger partial charge in [-0.2, -0.15) is 26.9 Å². The van der Waals surface area contributed by atoms with Gasteiger partial charge in [0.05, 0.1) is 0 Å². The van der Waals surface area contributed by atoms with E-state index in [2.05, 4.69) is 4.18 Å². The predicted molar refractivity (Wildman–Crippen MR) is 56.8 cm³/mol. The molecular weight excluding hydrogens is 279 g/mol. The molecule has 0 aliphatic rings. The third kappa shape index (κ3) is 5.65. The monoisotopic (exact) mass is 287 g/mol. The minimum atomic E-state index is -5.70. The molecule has 0 bridgehead atoms. The van der Waals surface area contributed by atoms with Gasteiger partial charge in [0.25, 0.3) is 0 Å². The molecule has 0 saturated heterocycles. The largest absolute Gasteiger partial charge is 0.534 e. The Morgan fingerprint density at radius 3 is 2.53 bits per heavy atom. The first-order valence-corrected chi connectivity index (χ1v) is 6.45. The van der Waals surface area contributed by atoms with Gasteiger partial charge in [-0.05, 0) is 24.3 Å². The summed E-state index contributed by atoms with van der Waals surface area (Å²) in [6.07, 6.45) is 2.92. The second-order valence-electron chi connectivity index (χ2n) is 2.52. The van der Waals surface area contributed by atoms with E-state index in [-0.39, 0.29) is 0 Å². The standard InChI is InChI=1S/C8H8F3NO3S2/c1-2-3-4-7(5-16-6-12)15-17(13,14)8(9,10)11/h3-5H,2H2,1H3/b4-3+,7-5-. The predicted octanol–water partition coefficient (Wildman–Crippen LogP) is 2.87. The van der Waals surface area contributed by atoms with Gasteiger partial charge < -0.3 is 4.18 Å². The number of rotatable bonds is 5. The highest BCUT2D eigenvalue weighted by molar-refractivity contribution is 8.06. The Labute approximate surface area is 101 Å². The van der Waals surface area contributed by atoms with Crippen molar-refractivity contribution >= 4 is 21.9 Å². The first-order chi connectivity index (χ1) is 7.74. The van der Waals surface area contributed by atoms with Crippen molar-refractivity contribution in [3.05, 3.63) is 23.3 Å². The van der Waals surface area contributed by atoms with E-state index in [0.717, 1.165) is 11.5 Å². The number of nitriles is 1. The topological polar surface area (TPSA) is 67.2 Å². The molecule has 0 aliphatic carbocycles. The van der Waals surface area contributed by atoms with Crippen molar-refractivity contribution in [1.82, 2.24) is 0 Å². The van der Waals surface area contributed by atoms with Crippen LogP contribution in [0, 0.1) is 10.7 Å². The lowest BCUT2D eigenvalue weighted by molar-refractivity contribution is -0.0519. The summed E-state index contributed by atoms with van der Waals surface area (Å²) >= 11 is 0.453. The molecule has 0 aromatic heterocycles. The fourth-order valence-corrected chi connectivity index (χ4v) is 1.39. The number of hydrogen-bond acceptors (Lipinski definition) is 5. The zero-order valence-electron chi connectivity index (χ0n) is 8.56. The Balaban J connectivity index is 5.03. The summed E-state index contributed by atoms with van der Waals surface area (Å²) in [5.41, 5.74) is -5.50. The van der Waals surface area contributed by atoms with E-state index in [1.54, 1.807) is 12.3 Å². The van der Waals surface area contributed by atoms with Crippen molar-refractivity contribution in [3.8, 4) is 5.40 Å². The SMILES string of the molecule is CC/C=C/C(=C/SC#N)OS(=O)(=O)C(F)(F)F. The molecule has 0 aromatic carbocycles.